The maximum Gasteiger partial charge on any atom is 0.163 e. The molecule has 0 atom stereocenters. The highest BCUT2D eigenvalue weighted by Crippen LogP contribution is 2.16. The molecule has 0 fully saturated rings. The normalized spacial score (nSPS) is 10.1. The molecule has 0 aliphatic rings. The number of anilines is 2. The second kappa shape index (κ2) is 4.23. The van der Waals surface area contributed by atoms with Crippen LogP contribution in [0.5, 0.6) is 0 Å². The van der Waals surface area contributed by atoms with Crippen molar-refractivity contribution in [3.8, 4) is 0 Å². The Labute approximate surface area is 97.5 Å². The van der Waals surface area contributed by atoms with Crippen molar-refractivity contribution in [1.29, 1.82) is 0 Å². The molecule has 7 heteroatoms. The van der Waals surface area contributed by atoms with E-state index < -0.39 is 0 Å². The number of hydrogen-bond acceptors (Lipinski definition) is 5. The summed E-state index contributed by atoms with van der Waals surface area (Å²) in [6.45, 7) is 0. The molecule has 16 heavy (non-hydrogen) atoms. The Morgan fingerprint density at radius 1 is 1.56 bits per heavy atom. The minimum absolute atomic E-state index is 0.279. The van der Waals surface area contributed by atoms with Gasteiger partial charge >= 0.3 is 0 Å². The average molecular weight is 234 g/mol. The number of nitrogens with zero attached hydrogens (tertiary/aromatic N) is 4. The first-order valence-electron chi connectivity index (χ1n) is 4.54. The molecule has 2 aromatic rings. The molecule has 0 aromatic carbocycles. The maximum absolute atomic E-state index is 5.58. The van der Waals surface area contributed by atoms with Crippen LogP contribution in [0.1, 0.15) is 5.56 Å². The van der Waals surface area contributed by atoms with Gasteiger partial charge in [0.25, 0.3) is 0 Å². The van der Waals surface area contributed by atoms with Crippen LogP contribution in [0.4, 0.5) is 11.5 Å². The van der Waals surface area contributed by atoms with Gasteiger partial charge in [-0.25, -0.2) is 0 Å². The van der Waals surface area contributed by atoms with E-state index in [0.717, 1.165) is 5.69 Å². The topological polar surface area (TPSA) is 81.7 Å². The Balaban J connectivity index is 2.31. The summed E-state index contributed by atoms with van der Waals surface area (Å²) in [7, 11) is 1.83. The van der Waals surface area contributed by atoms with Crippen molar-refractivity contribution in [3.63, 3.8) is 0 Å². The molecule has 0 aliphatic carbocycles. The van der Waals surface area contributed by atoms with Gasteiger partial charge in [-0.2, -0.15) is 10.2 Å². The Morgan fingerprint density at radius 3 is 3.00 bits per heavy atom. The highest BCUT2D eigenvalue weighted by molar-refractivity contribution is 7.80. The van der Waals surface area contributed by atoms with Crippen molar-refractivity contribution in [2.45, 2.75) is 0 Å². The molecule has 0 bridgehead atoms. The summed E-state index contributed by atoms with van der Waals surface area (Å²) in [6.07, 6.45) is 5.04. The third-order valence-corrected chi connectivity index (χ3v) is 2.17. The molecule has 0 saturated carbocycles. The molecule has 0 aliphatic heterocycles. The van der Waals surface area contributed by atoms with Crippen LogP contribution in [0, 0.1) is 0 Å². The lowest BCUT2D eigenvalue weighted by atomic mass is 10.3. The fourth-order valence-corrected chi connectivity index (χ4v) is 1.41. The van der Waals surface area contributed by atoms with Gasteiger partial charge < -0.3 is 11.1 Å². The summed E-state index contributed by atoms with van der Waals surface area (Å²) in [5, 5.41) is 14.8. The first-order valence-corrected chi connectivity index (χ1v) is 4.95. The molecule has 6 nitrogen and oxygen atoms in total. The number of nitrogens with one attached hydrogen (secondary N) is 1. The number of thiocarbonyl (C=S) groups is 1. The monoisotopic (exact) mass is 234 g/mol. The SMILES string of the molecule is Cn1cc(Nc2nnccc2C(N)=S)cn1. The van der Waals surface area contributed by atoms with Crippen LogP contribution in [0.15, 0.2) is 24.7 Å². The standard InChI is InChI=1S/C9H10N6S/c1-15-5-6(4-12-15)13-9-7(8(10)16)2-3-11-14-9/h2-5H,1H3,(H2,10,16)(H,13,14). The quantitative estimate of drug-likeness (QED) is 0.756. The van der Waals surface area contributed by atoms with Gasteiger partial charge in [0.15, 0.2) is 5.82 Å². The minimum atomic E-state index is 0.279. The first kappa shape index (κ1) is 10.5. The van der Waals surface area contributed by atoms with Crippen LogP contribution in [0.2, 0.25) is 0 Å². The minimum Gasteiger partial charge on any atom is -0.389 e. The van der Waals surface area contributed by atoms with Gasteiger partial charge in [-0.3, -0.25) is 4.68 Å². The fourth-order valence-electron chi connectivity index (χ4n) is 1.25. The number of hydrogen-bond donors (Lipinski definition) is 2. The lowest BCUT2D eigenvalue weighted by molar-refractivity contribution is 0.768. The zero-order valence-electron chi connectivity index (χ0n) is 8.58. The molecule has 0 unspecified atom stereocenters. The van der Waals surface area contributed by atoms with Crippen LogP contribution in [0.25, 0.3) is 0 Å². The van der Waals surface area contributed by atoms with E-state index in [4.69, 9.17) is 18.0 Å². The van der Waals surface area contributed by atoms with Crippen molar-refractivity contribution in [3.05, 3.63) is 30.2 Å². The van der Waals surface area contributed by atoms with E-state index in [2.05, 4.69) is 20.6 Å². The van der Waals surface area contributed by atoms with E-state index in [1.165, 1.54) is 0 Å². The number of nitrogens with two attached hydrogens (primary N) is 1. The smallest absolute Gasteiger partial charge is 0.163 e. The lowest BCUT2D eigenvalue weighted by Crippen LogP contribution is -2.13. The van der Waals surface area contributed by atoms with Gasteiger partial charge in [-0.05, 0) is 6.07 Å². The molecular weight excluding hydrogens is 224 g/mol. The van der Waals surface area contributed by atoms with Gasteiger partial charge in [0.05, 0.1) is 23.6 Å². The Morgan fingerprint density at radius 2 is 2.38 bits per heavy atom. The van der Waals surface area contributed by atoms with E-state index >= 15 is 0 Å². The number of rotatable bonds is 3. The van der Waals surface area contributed by atoms with Gasteiger partial charge in [-0.15, -0.1) is 5.10 Å². The van der Waals surface area contributed by atoms with Crippen molar-refractivity contribution >= 4 is 28.7 Å². The summed E-state index contributed by atoms with van der Waals surface area (Å²) in [6, 6.07) is 1.72. The van der Waals surface area contributed by atoms with Crippen LogP contribution < -0.4 is 11.1 Å². The van der Waals surface area contributed by atoms with Crippen LogP contribution in [0.3, 0.4) is 0 Å². The van der Waals surface area contributed by atoms with E-state index in [1.54, 1.807) is 23.1 Å². The summed E-state index contributed by atoms with van der Waals surface area (Å²) in [5.74, 6) is 0.531. The summed E-state index contributed by atoms with van der Waals surface area (Å²) in [4.78, 5) is 0.279. The second-order valence-corrected chi connectivity index (χ2v) is 3.63. The molecule has 0 spiro atoms. The molecular formula is C9H10N6S. The van der Waals surface area contributed by atoms with Crippen molar-refractivity contribution < 1.29 is 0 Å². The van der Waals surface area contributed by atoms with Crippen molar-refractivity contribution in [1.82, 2.24) is 20.0 Å². The Hall–Kier alpha value is -2.02. The molecule has 3 N–H and O–H groups in total. The second-order valence-electron chi connectivity index (χ2n) is 3.19. The molecule has 0 amide bonds. The Kier molecular flexibility index (Phi) is 2.78. The highest BCUT2D eigenvalue weighted by atomic mass is 32.1. The molecule has 0 radical (unpaired) electrons. The van der Waals surface area contributed by atoms with Gasteiger partial charge in [-0.1, -0.05) is 12.2 Å². The molecule has 0 saturated heterocycles. The van der Waals surface area contributed by atoms with E-state index in [1.807, 2.05) is 13.2 Å². The first-order chi connectivity index (χ1) is 7.66. The Bertz CT molecular complexity index is 520. The third-order valence-electron chi connectivity index (χ3n) is 1.95. The van der Waals surface area contributed by atoms with Crippen molar-refractivity contribution in [2.24, 2.45) is 12.8 Å². The van der Waals surface area contributed by atoms with E-state index in [9.17, 15) is 0 Å². The van der Waals surface area contributed by atoms with Crippen LogP contribution >= 0.6 is 12.2 Å². The zero-order valence-corrected chi connectivity index (χ0v) is 9.40. The van der Waals surface area contributed by atoms with Crippen LogP contribution in [-0.4, -0.2) is 25.0 Å². The fraction of sp³-hybridized carbons (Fsp3) is 0.111. The number of aryl methyl sites for hydroxylation is 1. The largest absolute Gasteiger partial charge is 0.389 e. The average Bonchev–Trinajstić information content (AvgIpc) is 2.64. The lowest BCUT2D eigenvalue weighted by Gasteiger charge is -2.06. The van der Waals surface area contributed by atoms with Gasteiger partial charge in [0, 0.05) is 13.2 Å². The highest BCUT2D eigenvalue weighted by Gasteiger charge is 2.07. The van der Waals surface area contributed by atoms with Crippen LogP contribution in [-0.2, 0) is 7.05 Å². The molecule has 2 aromatic heterocycles. The van der Waals surface area contributed by atoms with Gasteiger partial charge in [0.2, 0.25) is 0 Å². The molecule has 82 valence electrons. The van der Waals surface area contributed by atoms with E-state index in [0.29, 0.717) is 11.4 Å². The molecule has 2 rings (SSSR count). The third kappa shape index (κ3) is 2.14. The zero-order chi connectivity index (χ0) is 11.5. The van der Waals surface area contributed by atoms with E-state index in [-0.39, 0.29) is 4.99 Å². The number of aromatic nitrogens is 4. The summed E-state index contributed by atoms with van der Waals surface area (Å²) >= 11 is 4.92. The summed E-state index contributed by atoms with van der Waals surface area (Å²) in [5.41, 5.74) is 7.04. The maximum atomic E-state index is 5.58. The van der Waals surface area contributed by atoms with Gasteiger partial charge in [0.1, 0.15) is 4.99 Å². The predicted molar refractivity (Wildman–Crippen MR) is 64.4 cm³/mol. The van der Waals surface area contributed by atoms with Crippen molar-refractivity contribution in [2.75, 3.05) is 5.32 Å². The summed E-state index contributed by atoms with van der Waals surface area (Å²) < 4.78 is 1.68. The molecule has 2 heterocycles. The predicted octanol–water partition coefficient (Wildman–Crippen LogP) is 0.588.